The second kappa shape index (κ2) is 9.62. The molecular weight excluding hydrogens is 346 g/mol. The molecule has 2 aromatic rings. The molecule has 0 heterocycles. The van der Waals surface area contributed by atoms with E-state index in [0.29, 0.717) is 17.9 Å². The first-order valence-electron chi connectivity index (χ1n) is 8.62. The molecule has 144 valence electrons. The molecule has 0 radical (unpaired) electrons. The van der Waals surface area contributed by atoms with Crippen molar-refractivity contribution in [3.05, 3.63) is 59.7 Å². The van der Waals surface area contributed by atoms with Gasteiger partial charge in [-0.2, -0.15) is 0 Å². The smallest absolute Gasteiger partial charge is 0.310 e. The minimum Gasteiger partial charge on any atom is -0.497 e. The summed E-state index contributed by atoms with van der Waals surface area (Å²) < 4.78 is 15.2. The number of nitrogens with zero attached hydrogens (tertiary/aromatic N) is 1. The van der Waals surface area contributed by atoms with Crippen LogP contribution in [0.25, 0.3) is 0 Å². The van der Waals surface area contributed by atoms with Crippen LogP contribution in [0.1, 0.15) is 22.8 Å². The van der Waals surface area contributed by atoms with Crippen LogP contribution in [0.3, 0.4) is 0 Å². The molecule has 6 heteroatoms. The average Bonchev–Trinajstić information content (AvgIpc) is 2.72. The minimum absolute atomic E-state index is 0.180. The van der Waals surface area contributed by atoms with Gasteiger partial charge in [-0.15, -0.1) is 0 Å². The summed E-state index contributed by atoms with van der Waals surface area (Å²) in [5.74, 6) is 0.370. The van der Waals surface area contributed by atoms with Crippen molar-refractivity contribution in [3.63, 3.8) is 0 Å². The van der Waals surface area contributed by atoms with E-state index in [0.717, 1.165) is 11.3 Å². The number of methoxy groups -OCH3 is 3. The summed E-state index contributed by atoms with van der Waals surface area (Å²) in [5, 5.41) is 0. The van der Waals surface area contributed by atoms with Gasteiger partial charge in [-0.1, -0.05) is 25.1 Å². The maximum atomic E-state index is 13.1. The fourth-order valence-electron chi connectivity index (χ4n) is 2.72. The Kier molecular flexibility index (Phi) is 7.23. The quantitative estimate of drug-likeness (QED) is 0.667. The highest BCUT2D eigenvalue weighted by Gasteiger charge is 2.23. The molecule has 0 bridgehead atoms. The first-order valence-corrected chi connectivity index (χ1v) is 8.62. The summed E-state index contributed by atoms with van der Waals surface area (Å²) in [6.45, 7) is 2.35. The summed E-state index contributed by atoms with van der Waals surface area (Å²) in [5.41, 5.74) is 1.43. The van der Waals surface area contributed by atoms with Crippen molar-refractivity contribution in [2.45, 2.75) is 13.5 Å². The summed E-state index contributed by atoms with van der Waals surface area (Å²) in [7, 11) is 4.50. The SMILES string of the molecule is COC(=O)C(C)CN(Cc1ccc(OC)cc1)C(=O)c1cccc(OC)c1. The minimum atomic E-state index is -0.442. The Bertz CT molecular complexity index is 772. The van der Waals surface area contributed by atoms with Crippen LogP contribution in [-0.4, -0.2) is 44.7 Å². The predicted octanol–water partition coefficient (Wildman–Crippen LogP) is 3.16. The molecule has 0 aliphatic carbocycles. The fourth-order valence-corrected chi connectivity index (χ4v) is 2.72. The second-order valence-corrected chi connectivity index (χ2v) is 6.19. The number of carbonyl (C=O) groups excluding carboxylic acids is 2. The molecule has 0 aromatic heterocycles. The zero-order chi connectivity index (χ0) is 19.8. The molecule has 0 aliphatic heterocycles. The molecular formula is C21H25NO5. The standard InChI is InChI=1S/C21H25NO5/c1-15(21(24)27-4)13-22(14-16-8-10-18(25-2)11-9-16)20(23)17-6-5-7-19(12-17)26-3/h5-12,15H,13-14H2,1-4H3. The van der Waals surface area contributed by atoms with E-state index in [-0.39, 0.29) is 18.4 Å². The topological polar surface area (TPSA) is 65.1 Å². The zero-order valence-corrected chi connectivity index (χ0v) is 16.1. The molecule has 2 aromatic carbocycles. The maximum absolute atomic E-state index is 13.1. The summed E-state index contributed by atoms with van der Waals surface area (Å²) >= 11 is 0. The summed E-state index contributed by atoms with van der Waals surface area (Å²) in [4.78, 5) is 26.6. The first-order chi connectivity index (χ1) is 13.0. The van der Waals surface area contributed by atoms with E-state index < -0.39 is 5.92 Å². The lowest BCUT2D eigenvalue weighted by atomic mass is 10.1. The van der Waals surface area contributed by atoms with Gasteiger partial charge in [-0.05, 0) is 35.9 Å². The monoisotopic (exact) mass is 371 g/mol. The van der Waals surface area contributed by atoms with Crippen molar-refractivity contribution < 1.29 is 23.8 Å². The summed E-state index contributed by atoms with van der Waals surface area (Å²) in [6.07, 6.45) is 0. The van der Waals surface area contributed by atoms with Crippen LogP contribution in [0.5, 0.6) is 11.5 Å². The lowest BCUT2D eigenvalue weighted by Gasteiger charge is -2.25. The van der Waals surface area contributed by atoms with Crippen molar-refractivity contribution >= 4 is 11.9 Å². The number of hydrogen-bond acceptors (Lipinski definition) is 5. The van der Waals surface area contributed by atoms with Gasteiger partial charge in [0, 0.05) is 18.7 Å². The number of ether oxygens (including phenoxy) is 3. The third kappa shape index (κ3) is 5.48. The van der Waals surface area contributed by atoms with Crippen molar-refractivity contribution in [1.82, 2.24) is 4.90 Å². The van der Waals surface area contributed by atoms with Gasteiger partial charge >= 0.3 is 5.97 Å². The number of carbonyl (C=O) groups is 2. The molecule has 0 saturated carbocycles. The Hall–Kier alpha value is -3.02. The molecule has 1 unspecified atom stereocenters. The van der Waals surface area contributed by atoms with Gasteiger partial charge in [0.15, 0.2) is 0 Å². The molecule has 1 atom stereocenters. The second-order valence-electron chi connectivity index (χ2n) is 6.19. The van der Waals surface area contributed by atoms with Gasteiger partial charge in [0.25, 0.3) is 5.91 Å². The number of amides is 1. The van der Waals surface area contributed by atoms with Gasteiger partial charge in [0.2, 0.25) is 0 Å². The third-order valence-electron chi connectivity index (χ3n) is 4.23. The van der Waals surface area contributed by atoms with E-state index >= 15 is 0 Å². The van der Waals surface area contributed by atoms with E-state index in [4.69, 9.17) is 14.2 Å². The first kappa shape index (κ1) is 20.3. The van der Waals surface area contributed by atoms with Crippen LogP contribution in [0.4, 0.5) is 0 Å². The third-order valence-corrected chi connectivity index (χ3v) is 4.23. The average molecular weight is 371 g/mol. The van der Waals surface area contributed by atoms with Crippen LogP contribution in [0.15, 0.2) is 48.5 Å². The highest BCUT2D eigenvalue weighted by molar-refractivity contribution is 5.94. The van der Waals surface area contributed by atoms with Crippen molar-refractivity contribution in [1.29, 1.82) is 0 Å². The van der Waals surface area contributed by atoms with E-state index in [1.807, 2.05) is 24.3 Å². The molecule has 0 N–H and O–H groups in total. The molecule has 1 amide bonds. The molecule has 2 rings (SSSR count). The predicted molar refractivity (Wildman–Crippen MR) is 102 cm³/mol. The highest BCUT2D eigenvalue weighted by Crippen LogP contribution is 2.19. The van der Waals surface area contributed by atoms with Gasteiger partial charge in [-0.25, -0.2) is 0 Å². The van der Waals surface area contributed by atoms with E-state index in [1.165, 1.54) is 7.11 Å². The number of rotatable bonds is 8. The van der Waals surface area contributed by atoms with E-state index in [1.54, 1.807) is 50.3 Å². The zero-order valence-electron chi connectivity index (χ0n) is 16.1. The molecule has 0 aliphatic rings. The van der Waals surface area contributed by atoms with E-state index in [2.05, 4.69) is 0 Å². The molecule has 27 heavy (non-hydrogen) atoms. The fraction of sp³-hybridized carbons (Fsp3) is 0.333. The van der Waals surface area contributed by atoms with Crippen molar-refractivity contribution in [2.75, 3.05) is 27.9 Å². The lowest BCUT2D eigenvalue weighted by Crippen LogP contribution is -2.36. The van der Waals surface area contributed by atoms with Gasteiger partial charge in [-0.3, -0.25) is 9.59 Å². The van der Waals surface area contributed by atoms with Crippen LogP contribution >= 0.6 is 0 Å². The molecule has 0 spiro atoms. The molecule has 6 nitrogen and oxygen atoms in total. The van der Waals surface area contributed by atoms with Gasteiger partial charge in [0.1, 0.15) is 11.5 Å². The van der Waals surface area contributed by atoms with Gasteiger partial charge in [0.05, 0.1) is 27.2 Å². The Morgan fingerprint density at radius 3 is 2.22 bits per heavy atom. The Morgan fingerprint density at radius 2 is 1.63 bits per heavy atom. The van der Waals surface area contributed by atoms with Crippen molar-refractivity contribution in [2.24, 2.45) is 5.92 Å². The lowest BCUT2D eigenvalue weighted by molar-refractivity contribution is -0.145. The summed E-state index contributed by atoms with van der Waals surface area (Å²) in [6, 6.07) is 14.4. The highest BCUT2D eigenvalue weighted by atomic mass is 16.5. The Labute approximate surface area is 159 Å². The molecule has 0 fully saturated rings. The normalized spacial score (nSPS) is 11.4. The van der Waals surface area contributed by atoms with Crippen LogP contribution in [-0.2, 0) is 16.1 Å². The maximum Gasteiger partial charge on any atom is 0.310 e. The number of esters is 1. The number of benzene rings is 2. The Balaban J connectivity index is 2.26. The molecule has 0 saturated heterocycles. The Morgan fingerprint density at radius 1 is 0.963 bits per heavy atom. The number of hydrogen-bond donors (Lipinski definition) is 0. The van der Waals surface area contributed by atoms with Crippen LogP contribution in [0, 0.1) is 5.92 Å². The van der Waals surface area contributed by atoms with Crippen LogP contribution in [0.2, 0.25) is 0 Å². The van der Waals surface area contributed by atoms with Crippen molar-refractivity contribution in [3.8, 4) is 11.5 Å². The van der Waals surface area contributed by atoms with E-state index in [9.17, 15) is 9.59 Å². The largest absolute Gasteiger partial charge is 0.497 e. The van der Waals surface area contributed by atoms with Crippen LogP contribution < -0.4 is 9.47 Å². The van der Waals surface area contributed by atoms with Gasteiger partial charge < -0.3 is 19.1 Å².